The lowest BCUT2D eigenvalue weighted by Crippen LogP contribution is -2.50. The molecule has 0 aromatic heterocycles. The Bertz CT molecular complexity index is 644. The third kappa shape index (κ3) is 4.01. The molecule has 0 bridgehead atoms. The molecule has 5 nitrogen and oxygen atoms in total. The van der Waals surface area contributed by atoms with E-state index in [1.165, 1.54) is 0 Å². The number of anilines is 1. The normalized spacial score (nSPS) is 18.6. The summed E-state index contributed by atoms with van der Waals surface area (Å²) in [5, 5.41) is 3.33. The van der Waals surface area contributed by atoms with Gasteiger partial charge in [0.15, 0.2) is 0 Å². The van der Waals surface area contributed by atoms with Crippen molar-refractivity contribution in [2.45, 2.75) is 31.2 Å². The van der Waals surface area contributed by atoms with Crippen LogP contribution < -0.4 is 14.9 Å². The zero-order valence-corrected chi connectivity index (χ0v) is 13.9. The Morgan fingerprint density at radius 3 is 2.73 bits per heavy atom. The highest BCUT2D eigenvalue weighted by Gasteiger charge is 2.21. The highest BCUT2D eigenvalue weighted by Crippen LogP contribution is 2.20. The summed E-state index contributed by atoms with van der Waals surface area (Å²) in [6.45, 7) is 6.81. The molecule has 2 rings (SSSR count). The van der Waals surface area contributed by atoms with Gasteiger partial charge in [-0.05, 0) is 37.6 Å². The van der Waals surface area contributed by atoms with Gasteiger partial charge in [-0.25, -0.2) is 13.1 Å². The van der Waals surface area contributed by atoms with E-state index in [4.69, 9.17) is 0 Å². The predicted octanol–water partition coefficient (Wildman–Crippen LogP) is 1.18. The quantitative estimate of drug-likeness (QED) is 0.800. The predicted molar refractivity (Wildman–Crippen MR) is 89.4 cm³/mol. The molecule has 1 aliphatic heterocycles. The van der Waals surface area contributed by atoms with E-state index >= 15 is 0 Å². The van der Waals surface area contributed by atoms with Crippen molar-refractivity contribution in [3.63, 3.8) is 0 Å². The van der Waals surface area contributed by atoms with Crippen molar-refractivity contribution in [1.82, 2.24) is 10.0 Å². The zero-order chi connectivity index (χ0) is 16.0. The summed E-state index contributed by atoms with van der Waals surface area (Å²) < 4.78 is 26.8. The van der Waals surface area contributed by atoms with Crippen molar-refractivity contribution >= 4 is 15.7 Å². The maximum absolute atomic E-state index is 12.1. The Balaban J connectivity index is 2.18. The Labute approximate surface area is 133 Å². The molecular weight excluding hydrogens is 298 g/mol. The van der Waals surface area contributed by atoms with Crippen LogP contribution in [0.25, 0.3) is 0 Å². The van der Waals surface area contributed by atoms with Gasteiger partial charge in [0.05, 0.1) is 4.90 Å². The minimum Gasteiger partial charge on any atom is -0.355 e. The van der Waals surface area contributed by atoms with Gasteiger partial charge in [0.2, 0.25) is 10.0 Å². The van der Waals surface area contributed by atoms with Crippen molar-refractivity contribution in [1.29, 1.82) is 0 Å². The van der Waals surface area contributed by atoms with E-state index in [1.807, 2.05) is 26.0 Å². The molecular formula is C16H23N3O2S. The number of rotatable bonds is 5. The van der Waals surface area contributed by atoms with Crippen LogP contribution in [-0.4, -0.2) is 40.6 Å². The maximum atomic E-state index is 12.1. The Morgan fingerprint density at radius 2 is 2.09 bits per heavy atom. The van der Waals surface area contributed by atoms with Gasteiger partial charge in [0, 0.05) is 31.9 Å². The summed E-state index contributed by atoms with van der Waals surface area (Å²) in [5.41, 5.74) is 1.00. The SMILES string of the molecule is CC#CC1CNCCN1c1ccc(S(=O)(=O)NCCC)cc1. The molecule has 0 aliphatic carbocycles. The van der Waals surface area contributed by atoms with Gasteiger partial charge >= 0.3 is 0 Å². The van der Waals surface area contributed by atoms with E-state index in [0.717, 1.165) is 31.7 Å². The summed E-state index contributed by atoms with van der Waals surface area (Å²) >= 11 is 0. The molecule has 0 radical (unpaired) electrons. The van der Waals surface area contributed by atoms with Crippen LogP contribution in [0.1, 0.15) is 20.3 Å². The van der Waals surface area contributed by atoms with Crippen LogP contribution in [0.5, 0.6) is 0 Å². The van der Waals surface area contributed by atoms with E-state index in [9.17, 15) is 8.42 Å². The van der Waals surface area contributed by atoms with Gasteiger partial charge in [-0.1, -0.05) is 12.8 Å². The number of hydrogen-bond donors (Lipinski definition) is 2. The maximum Gasteiger partial charge on any atom is 0.240 e. The van der Waals surface area contributed by atoms with Crippen LogP contribution in [0.3, 0.4) is 0 Å². The second-order valence-electron chi connectivity index (χ2n) is 5.20. The Kier molecular flexibility index (Phi) is 5.83. The van der Waals surface area contributed by atoms with E-state index in [0.29, 0.717) is 11.4 Å². The topological polar surface area (TPSA) is 61.4 Å². The number of hydrogen-bond acceptors (Lipinski definition) is 4. The van der Waals surface area contributed by atoms with E-state index < -0.39 is 10.0 Å². The average Bonchev–Trinajstić information content (AvgIpc) is 2.54. The molecule has 2 N–H and O–H groups in total. The van der Waals surface area contributed by atoms with Crippen molar-refractivity contribution in [3.8, 4) is 11.8 Å². The van der Waals surface area contributed by atoms with Gasteiger partial charge in [-0.15, -0.1) is 5.92 Å². The number of nitrogens with zero attached hydrogens (tertiary/aromatic N) is 1. The lowest BCUT2D eigenvalue weighted by molar-refractivity contribution is 0.538. The fraction of sp³-hybridized carbons (Fsp3) is 0.500. The van der Waals surface area contributed by atoms with Gasteiger partial charge < -0.3 is 10.2 Å². The Hall–Kier alpha value is -1.55. The van der Waals surface area contributed by atoms with Crippen molar-refractivity contribution < 1.29 is 8.42 Å². The molecule has 1 unspecified atom stereocenters. The van der Waals surface area contributed by atoms with Gasteiger partial charge in [0.25, 0.3) is 0 Å². The molecule has 6 heteroatoms. The molecule has 0 spiro atoms. The first-order chi connectivity index (χ1) is 10.6. The van der Waals surface area contributed by atoms with Gasteiger partial charge in [0.1, 0.15) is 6.04 Å². The van der Waals surface area contributed by atoms with Crippen molar-refractivity contribution in [2.24, 2.45) is 0 Å². The number of nitrogens with one attached hydrogen (secondary N) is 2. The lowest BCUT2D eigenvalue weighted by Gasteiger charge is -2.35. The lowest BCUT2D eigenvalue weighted by atomic mass is 10.1. The van der Waals surface area contributed by atoms with E-state index in [1.54, 1.807) is 12.1 Å². The molecule has 1 aromatic rings. The third-order valence-corrected chi connectivity index (χ3v) is 5.05. The Morgan fingerprint density at radius 1 is 1.36 bits per heavy atom. The van der Waals surface area contributed by atoms with Crippen LogP contribution in [0, 0.1) is 11.8 Å². The molecule has 0 amide bonds. The van der Waals surface area contributed by atoms with Gasteiger partial charge in [-0.3, -0.25) is 0 Å². The van der Waals surface area contributed by atoms with Crippen molar-refractivity contribution in [3.05, 3.63) is 24.3 Å². The minimum atomic E-state index is -3.40. The second-order valence-corrected chi connectivity index (χ2v) is 6.97. The first-order valence-electron chi connectivity index (χ1n) is 7.58. The molecule has 120 valence electrons. The largest absolute Gasteiger partial charge is 0.355 e. The molecule has 1 saturated heterocycles. The van der Waals surface area contributed by atoms with Crippen LogP contribution in [0.15, 0.2) is 29.2 Å². The molecule has 0 saturated carbocycles. The van der Waals surface area contributed by atoms with Crippen molar-refractivity contribution in [2.75, 3.05) is 31.1 Å². The molecule has 1 heterocycles. The monoisotopic (exact) mass is 321 g/mol. The number of piperazine rings is 1. The standard InChI is InChI=1S/C16H23N3O2S/c1-3-5-15-13-17-11-12-19(15)14-6-8-16(9-7-14)22(20,21)18-10-4-2/h6-9,15,17-18H,4,10-13H2,1-2H3. The fourth-order valence-electron chi connectivity index (χ4n) is 2.45. The first kappa shape index (κ1) is 16.8. The molecule has 1 fully saturated rings. The van der Waals surface area contributed by atoms with E-state index in [-0.39, 0.29) is 6.04 Å². The molecule has 1 atom stereocenters. The van der Waals surface area contributed by atoms with Crippen LogP contribution in [0.2, 0.25) is 0 Å². The number of sulfonamides is 1. The molecule has 22 heavy (non-hydrogen) atoms. The first-order valence-corrected chi connectivity index (χ1v) is 9.06. The summed E-state index contributed by atoms with van der Waals surface area (Å²) in [5.74, 6) is 6.15. The average molecular weight is 321 g/mol. The smallest absolute Gasteiger partial charge is 0.240 e. The van der Waals surface area contributed by atoms with Crippen LogP contribution in [-0.2, 0) is 10.0 Å². The molecule has 1 aliphatic rings. The van der Waals surface area contributed by atoms with Gasteiger partial charge in [-0.2, -0.15) is 0 Å². The summed E-state index contributed by atoms with van der Waals surface area (Å²) in [7, 11) is -3.40. The summed E-state index contributed by atoms with van der Waals surface area (Å²) in [4.78, 5) is 2.51. The summed E-state index contributed by atoms with van der Waals surface area (Å²) in [6.07, 6.45) is 0.773. The van der Waals surface area contributed by atoms with Crippen LogP contribution >= 0.6 is 0 Å². The van der Waals surface area contributed by atoms with E-state index in [2.05, 4.69) is 26.8 Å². The second kappa shape index (κ2) is 7.63. The third-order valence-electron chi connectivity index (χ3n) is 3.58. The summed E-state index contributed by atoms with van der Waals surface area (Å²) in [6, 6.07) is 7.16. The fourth-order valence-corrected chi connectivity index (χ4v) is 3.58. The molecule has 1 aromatic carbocycles. The van der Waals surface area contributed by atoms with Crippen LogP contribution in [0.4, 0.5) is 5.69 Å². The number of benzene rings is 1. The highest BCUT2D eigenvalue weighted by atomic mass is 32.2. The minimum absolute atomic E-state index is 0.124. The zero-order valence-electron chi connectivity index (χ0n) is 13.1. The highest BCUT2D eigenvalue weighted by molar-refractivity contribution is 7.89.